The van der Waals surface area contributed by atoms with Gasteiger partial charge >= 0.3 is 0 Å². The van der Waals surface area contributed by atoms with Crippen LogP contribution in [0.1, 0.15) is 22.7 Å². The number of nitrogens with one attached hydrogen (secondary N) is 2. The van der Waals surface area contributed by atoms with Gasteiger partial charge in [0.15, 0.2) is 6.19 Å². The van der Waals surface area contributed by atoms with Crippen LogP contribution in [0.2, 0.25) is 0 Å². The van der Waals surface area contributed by atoms with Gasteiger partial charge in [0.05, 0.1) is 5.69 Å². The zero-order valence-electron chi connectivity index (χ0n) is 14.2. The number of aromatic nitrogens is 3. The number of guanidine groups is 1. The Morgan fingerprint density at radius 2 is 1.96 bits per heavy atom. The lowest BCUT2D eigenvalue weighted by Crippen LogP contribution is -2.32. The average molecular weight is 372 g/mol. The fraction of sp³-hybridized carbons (Fsp3) is 0.0588. The Bertz CT molecular complexity index is 1150. The van der Waals surface area contributed by atoms with Gasteiger partial charge in [-0.3, -0.25) is 5.32 Å². The lowest BCUT2D eigenvalue weighted by molar-refractivity contribution is 0.419. The van der Waals surface area contributed by atoms with E-state index in [1.165, 1.54) is 6.39 Å². The third-order valence-corrected chi connectivity index (χ3v) is 4.20. The molecule has 0 spiro atoms. The van der Waals surface area contributed by atoms with Crippen LogP contribution in [0.25, 0.3) is 11.4 Å². The van der Waals surface area contributed by atoms with Crippen LogP contribution in [0.3, 0.4) is 0 Å². The number of hydrogen-bond donors (Lipinski definition) is 4. The third-order valence-electron chi connectivity index (χ3n) is 4.20. The van der Waals surface area contributed by atoms with E-state index in [4.69, 9.17) is 21.3 Å². The number of fused-ring (bicyclic) bond motifs is 1. The van der Waals surface area contributed by atoms with E-state index in [1.807, 2.05) is 18.2 Å². The highest BCUT2D eigenvalue weighted by Gasteiger charge is 2.29. The minimum atomic E-state index is -0.605. The van der Waals surface area contributed by atoms with Gasteiger partial charge in [0.2, 0.25) is 18.2 Å². The van der Waals surface area contributed by atoms with Crippen molar-refractivity contribution in [1.29, 1.82) is 10.5 Å². The first-order valence-corrected chi connectivity index (χ1v) is 7.98. The molecule has 0 saturated heterocycles. The van der Waals surface area contributed by atoms with Crippen molar-refractivity contribution < 1.29 is 4.52 Å². The van der Waals surface area contributed by atoms with Gasteiger partial charge in [0.25, 0.3) is 0 Å². The molecule has 2 aromatic heterocycles. The minimum Gasteiger partial charge on any atom is -0.397 e. The van der Waals surface area contributed by atoms with Gasteiger partial charge in [-0.05, 0) is 5.56 Å². The Hall–Kier alpha value is -4.64. The molecule has 11 heteroatoms. The number of anilines is 3. The number of benzene rings is 1. The van der Waals surface area contributed by atoms with E-state index in [2.05, 4.69) is 30.8 Å². The molecule has 0 saturated carbocycles. The van der Waals surface area contributed by atoms with Gasteiger partial charge in [-0.25, -0.2) is 9.98 Å². The zero-order chi connectivity index (χ0) is 19.7. The summed E-state index contributed by atoms with van der Waals surface area (Å²) < 4.78 is 4.76. The van der Waals surface area contributed by atoms with Crippen molar-refractivity contribution in [1.82, 2.24) is 20.4 Å². The quantitative estimate of drug-likeness (QED) is 0.374. The minimum absolute atomic E-state index is 0.00402. The molecule has 1 aliphatic heterocycles. The monoisotopic (exact) mass is 372 g/mol. The van der Waals surface area contributed by atoms with E-state index >= 15 is 0 Å². The molecule has 0 aliphatic carbocycles. The highest BCUT2D eigenvalue weighted by molar-refractivity contribution is 5.98. The number of nitrogens with two attached hydrogens (primary N) is 2. The van der Waals surface area contributed by atoms with Gasteiger partial charge in [-0.15, -0.1) is 0 Å². The predicted molar refractivity (Wildman–Crippen MR) is 99.2 cm³/mol. The van der Waals surface area contributed by atoms with E-state index < -0.39 is 6.04 Å². The molecule has 11 nitrogen and oxygen atoms in total. The third kappa shape index (κ3) is 2.69. The largest absolute Gasteiger partial charge is 0.397 e. The Morgan fingerprint density at radius 3 is 2.61 bits per heavy atom. The Balaban J connectivity index is 1.84. The maximum Gasteiger partial charge on any atom is 0.214 e. The summed E-state index contributed by atoms with van der Waals surface area (Å²) >= 11 is 0. The molecular formula is C17H12N10O. The molecular weight excluding hydrogens is 360 g/mol. The summed E-state index contributed by atoms with van der Waals surface area (Å²) in [5, 5.41) is 27.4. The highest BCUT2D eigenvalue weighted by atomic mass is 16.5. The second kappa shape index (κ2) is 6.59. The SMILES string of the molecule is N#CNC1=NC(c2ccc(-c3ncon3)cc2)c2c(nc(N)c(C#N)c2N)N1. The summed E-state index contributed by atoms with van der Waals surface area (Å²) in [4.78, 5) is 12.7. The van der Waals surface area contributed by atoms with Gasteiger partial charge in [-0.2, -0.15) is 15.5 Å². The predicted octanol–water partition coefficient (Wildman–Crippen LogP) is 1.11. The first-order valence-electron chi connectivity index (χ1n) is 7.98. The highest BCUT2D eigenvalue weighted by Crippen LogP contribution is 2.40. The van der Waals surface area contributed by atoms with Crippen LogP contribution in [-0.4, -0.2) is 21.1 Å². The number of nitriles is 2. The Labute approximate surface area is 158 Å². The van der Waals surface area contributed by atoms with Crippen LogP contribution in [0.15, 0.2) is 40.2 Å². The standard InChI is InChI=1S/C17H12N10O/c18-5-10-12(20)11-13(24-17(22-6-19)26-16(11)25-14(10)21)8-1-3-9(4-2-8)15-23-7-28-27-15/h1-4,7,13H,(H6,20,21,22,24,25,26). The van der Waals surface area contributed by atoms with E-state index in [1.54, 1.807) is 18.3 Å². The van der Waals surface area contributed by atoms with Crippen molar-refractivity contribution in [3.8, 4) is 23.7 Å². The first-order chi connectivity index (χ1) is 13.6. The summed E-state index contributed by atoms with van der Waals surface area (Å²) in [5.41, 5.74) is 14.3. The summed E-state index contributed by atoms with van der Waals surface area (Å²) in [6.45, 7) is 0. The lowest BCUT2D eigenvalue weighted by atomic mass is 9.94. The van der Waals surface area contributed by atoms with Crippen LogP contribution in [0.5, 0.6) is 0 Å². The molecule has 0 bridgehead atoms. The fourth-order valence-electron chi connectivity index (χ4n) is 2.93. The van der Waals surface area contributed by atoms with E-state index in [-0.39, 0.29) is 23.0 Å². The molecule has 136 valence electrons. The topological polar surface area (TPSA) is 188 Å². The summed E-state index contributed by atoms with van der Waals surface area (Å²) in [6, 6.07) is 8.61. The van der Waals surface area contributed by atoms with Crippen LogP contribution < -0.4 is 22.1 Å². The van der Waals surface area contributed by atoms with Gasteiger partial charge in [0, 0.05) is 11.1 Å². The molecule has 1 aromatic carbocycles. The van der Waals surface area contributed by atoms with E-state index in [9.17, 15) is 5.26 Å². The number of pyridine rings is 1. The second-order valence-electron chi connectivity index (χ2n) is 5.78. The van der Waals surface area contributed by atoms with Crippen molar-refractivity contribution in [2.75, 3.05) is 16.8 Å². The summed E-state index contributed by atoms with van der Waals surface area (Å²) in [6.07, 6.45) is 3.05. The molecule has 0 radical (unpaired) electrons. The normalized spacial score (nSPS) is 14.8. The van der Waals surface area contributed by atoms with E-state index in [0.29, 0.717) is 17.2 Å². The molecule has 3 heterocycles. The second-order valence-corrected chi connectivity index (χ2v) is 5.78. The van der Waals surface area contributed by atoms with Gasteiger partial charge in [0.1, 0.15) is 29.3 Å². The molecule has 4 rings (SSSR count). The fourth-order valence-corrected chi connectivity index (χ4v) is 2.93. The van der Waals surface area contributed by atoms with Crippen LogP contribution in [0, 0.1) is 22.8 Å². The first kappa shape index (κ1) is 16.8. The van der Waals surface area contributed by atoms with Crippen molar-refractivity contribution in [2.45, 2.75) is 6.04 Å². The number of hydrogen-bond acceptors (Lipinski definition) is 11. The van der Waals surface area contributed by atoms with Gasteiger partial charge in [-0.1, -0.05) is 29.4 Å². The molecule has 0 fully saturated rings. The van der Waals surface area contributed by atoms with Crippen LogP contribution >= 0.6 is 0 Å². The number of nitrogen functional groups attached to an aromatic ring is 2. The summed E-state index contributed by atoms with van der Waals surface area (Å²) in [5.74, 6) is 0.969. The molecule has 1 unspecified atom stereocenters. The molecule has 6 N–H and O–H groups in total. The van der Waals surface area contributed by atoms with Crippen molar-refractivity contribution in [2.24, 2.45) is 4.99 Å². The molecule has 0 amide bonds. The molecule has 1 aliphatic rings. The van der Waals surface area contributed by atoms with Crippen molar-refractivity contribution >= 4 is 23.3 Å². The maximum atomic E-state index is 9.35. The summed E-state index contributed by atoms with van der Waals surface area (Å²) in [7, 11) is 0. The average Bonchev–Trinajstić information content (AvgIpc) is 3.23. The van der Waals surface area contributed by atoms with Crippen LogP contribution in [0.4, 0.5) is 17.3 Å². The number of rotatable bonds is 2. The Morgan fingerprint density at radius 1 is 1.18 bits per heavy atom. The van der Waals surface area contributed by atoms with E-state index in [0.717, 1.165) is 11.1 Å². The molecule has 28 heavy (non-hydrogen) atoms. The van der Waals surface area contributed by atoms with Crippen molar-refractivity contribution in [3.05, 3.63) is 47.3 Å². The smallest absolute Gasteiger partial charge is 0.214 e. The molecule has 1 atom stereocenters. The zero-order valence-corrected chi connectivity index (χ0v) is 14.2. The maximum absolute atomic E-state index is 9.35. The number of aliphatic imine (C=N–C) groups is 1. The Kier molecular flexibility index (Phi) is 3.95. The van der Waals surface area contributed by atoms with Crippen molar-refractivity contribution in [3.63, 3.8) is 0 Å². The van der Waals surface area contributed by atoms with Crippen LogP contribution in [-0.2, 0) is 0 Å². The number of nitrogens with zero attached hydrogens (tertiary/aromatic N) is 6. The lowest BCUT2D eigenvalue weighted by Gasteiger charge is -2.26. The molecule has 3 aromatic rings. The van der Waals surface area contributed by atoms with Gasteiger partial charge < -0.3 is 21.3 Å².